The summed E-state index contributed by atoms with van der Waals surface area (Å²) in [6.07, 6.45) is 7.29. The molecule has 3 heteroatoms. The highest BCUT2D eigenvalue weighted by molar-refractivity contribution is 5.41. The van der Waals surface area contributed by atoms with Crippen LogP contribution >= 0.6 is 0 Å². The molecule has 0 unspecified atom stereocenters. The fourth-order valence-corrected chi connectivity index (χ4v) is 2.39. The Morgan fingerprint density at radius 3 is 3.06 bits per heavy atom. The van der Waals surface area contributed by atoms with E-state index in [1.165, 1.54) is 35.2 Å². The molecular weight excluding hydrogens is 222 g/mol. The normalized spacial score (nSPS) is 13.4. The van der Waals surface area contributed by atoms with E-state index < -0.39 is 0 Å². The van der Waals surface area contributed by atoms with Gasteiger partial charge in [0.2, 0.25) is 0 Å². The maximum absolute atomic E-state index is 4.67. The molecule has 1 aliphatic rings. The average Bonchev–Trinajstić information content (AvgIpc) is 2.85. The Hall–Kier alpha value is -1.90. The minimum absolute atomic E-state index is 0.783. The van der Waals surface area contributed by atoms with Crippen LogP contribution in [-0.2, 0) is 19.4 Å². The van der Waals surface area contributed by atoms with Crippen molar-refractivity contribution in [3.63, 3.8) is 0 Å². The smallest absolute Gasteiger partial charge is 0.126 e. The van der Waals surface area contributed by atoms with Crippen molar-refractivity contribution in [2.45, 2.75) is 32.7 Å². The minimum atomic E-state index is 0.783. The van der Waals surface area contributed by atoms with Crippen LogP contribution in [0.4, 0.5) is 5.82 Å². The van der Waals surface area contributed by atoms with Gasteiger partial charge in [-0.3, -0.25) is 4.98 Å². The summed E-state index contributed by atoms with van der Waals surface area (Å²) in [5.74, 6) is 0.971. The Morgan fingerprint density at radius 2 is 2.17 bits per heavy atom. The fraction of sp³-hybridized carbons (Fsp3) is 0.333. The van der Waals surface area contributed by atoms with E-state index in [4.69, 9.17) is 0 Å². The van der Waals surface area contributed by atoms with Crippen LogP contribution in [0.2, 0.25) is 0 Å². The van der Waals surface area contributed by atoms with E-state index in [0.717, 1.165) is 18.8 Å². The van der Waals surface area contributed by atoms with Crippen molar-refractivity contribution in [2.24, 2.45) is 0 Å². The van der Waals surface area contributed by atoms with Crippen molar-refractivity contribution in [1.29, 1.82) is 0 Å². The monoisotopic (exact) mass is 239 g/mol. The first-order valence-corrected chi connectivity index (χ1v) is 6.45. The summed E-state index contributed by atoms with van der Waals surface area (Å²) in [5.41, 5.74) is 5.17. The second-order valence-electron chi connectivity index (χ2n) is 4.81. The predicted octanol–water partition coefficient (Wildman–Crippen LogP) is 2.89. The molecular formula is C15H17N3. The number of aryl methyl sites for hydroxylation is 3. The average molecular weight is 239 g/mol. The molecule has 0 amide bonds. The molecule has 1 aliphatic carbocycles. The standard InChI is InChI=1S/C15H17N3/c1-11-7-8-16-9-13(11)10-17-15-6-5-12-3-2-4-14(12)18-15/h5-9H,2-4,10H2,1H3,(H,17,18). The highest BCUT2D eigenvalue weighted by atomic mass is 15.0. The third-order valence-corrected chi connectivity index (χ3v) is 3.54. The number of anilines is 1. The van der Waals surface area contributed by atoms with Gasteiger partial charge in [-0.2, -0.15) is 0 Å². The van der Waals surface area contributed by atoms with Gasteiger partial charge in [-0.25, -0.2) is 4.98 Å². The summed E-state index contributed by atoms with van der Waals surface area (Å²) in [4.78, 5) is 8.82. The summed E-state index contributed by atoms with van der Waals surface area (Å²) in [7, 11) is 0. The second-order valence-corrected chi connectivity index (χ2v) is 4.81. The van der Waals surface area contributed by atoms with E-state index in [2.05, 4.69) is 34.3 Å². The van der Waals surface area contributed by atoms with Gasteiger partial charge in [0.1, 0.15) is 5.82 Å². The van der Waals surface area contributed by atoms with Crippen LogP contribution in [0, 0.1) is 6.92 Å². The first-order valence-electron chi connectivity index (χ1n) is 6.45. The zero-order valence-corrected chi connectivity index (χ0v) is 10.6. The van der Waals surface area contributed by atoms with Gasteiger partial charge in [0.15, 0.2) is 0 Å². The van der Waals surface area contributed by atoms with Crippen LogP contribution in [-0.4, -0.2) is 9.97 Å². The zero-order valence-electron chi connectivity index (χ0n) is 10.6. The molecule has 0 saturated heterocycles. The van der Waals surface area contributed by atoms with Gasteiger partial charge in [0, 0.05) is 24.6 Å². The van der Waals surface area contributed by atoms with E-state index in [1.54, 1.807) is 0 Å². The molecule has 0 aliphatic heterocycles. The number of nitrogens with one attached hydrogen (secondary N) is 1. The Morgan fingerprint density at radius 1 is 1.22 bits per heavy atom. The van der Waals surface area contributed by atoms with Gasteiger partial charge >= 0.3 is 0 Å². The van der Waals surface area contributed by atoms with Crippen molar-refractivity contribution in [3.05, 3.63) is 53.0 Å². The number of hydrogen-bond donors (Lipinski definition) is 1. The van der Waals surface area contributed by atoms with Crippen LogP contribution in [0.15, 0.2) is 30.6 Å². The largest absolute Gasteiger partial charge is 0.366 e. The molecule has 18 heavy (non-hydrogen) atoms. The Kier molecular flexibility index (Phi) is 2.97. The van der Waals surface area contributed by atoms with Gasteiger partial charge in [0.25, 0.3) is 0 Å². The number of fused-ring (bicyclic) bond motifs is 1. The molecule has 2 aromatic rings. The lowest BCUT2D eigenvalue weighted by atomic mass is 10.1. The molecule has 0 radical (unpaired) electrons. The van der Waals surface area contributed by atoms with Gasteiger partial charge in [-0.1, -0.05) is 6.07 Å². The highest BCUT2D eigenvalue weighted by Gasteiger charge is 2.12. The van der Waals surface area contributed by atoms with Crippen LogP contribution in [0.1, 0.15) is 28.8 Å². The van der Waals surface area contributed by atoms with Gasteiger partial charge in [0.05, 0.1) is 0 Å². The fourth-order valence-electron chi connectivity index (χ4n) is 2.39. The minimum Gasteiger partial charge on any atom is -0.366 e. The van der Waals surface area contributed by atoms with Gasteiger partial charge in [-0.05, 0) is 55.0 Å². The molecule has 3 rings (SSSR count). The van der Waals surface area contributed by atoms with Crippen molar-refractivity contribution >= 4 is 5.82 Å². The third kappa shape index (κ3) is 2.21. The first kappa shape index (κ1) is 11.2. The molecule has 0 fully saturated rings. The molecule has 0 saturated carbocycles. The summed E-state index contributed by atoms with van der Waals surface area (Å²) >= 11 is 0. The predicted molar refractivity (Wildman–Crippen MR) is 72.6 cm³/mol. The topological polar surface area (TPSA) is 37.8 Å². The van der Waals surface area contributed by atoms with Crippen LogP contribution < -0.4 is 5.32 Å². The third-order valence-electron chi connectivity index (χ3n) is 3.54. The molecule has 0 bridgehead atoms. The number of rotatable bonds is 3. The summed E-state index contributed by atoms with van der Waals surface area (Å²) in [6.45, 7) is 2.89. The number of aromatic nitrogens is 2. The van der Waals surface area contributed by atoms with Crippen molar-refractivity contribution in [3.8, 4) is 0 Å². The lowest BCUT2D eigenvalue weighted by Crippen LogP contribution is -2.04. The van der Waals surface area contributed by atoms with E-state index in [-0.39, 0.29) is 0 Å². The first-order chi connectivity index (χ1) is 8.83. The Labute approximate surface area is 107 Å². The quantitative estimate of drug-likeness (QED) is 0.895. The molecule has 92 valence electrons. The van der Waals surface area contributed by atoms with E-state index in [9.17, 15) is 0 Å². The molecule has 1 N–H and O–H groups in total. The SMILES string of the molecule is Cc1ccncc1CNc1ccc2c(n1)CCC2. The van der Waals surface area contributed by atoms with Gasteiger partial charge in [-0.15, -0.1) is 0 Å². The number of pyridine rings is 2. The van der Waals surface area contributed by atoms with Crippen LogP contribution in [0.3, 0.4) is 0 Å². The van der Waals surface area contributed by atoms with Crippen LogP contribution in [0.5, 0.6) is 0 Å². The molecule has 3 nitrogen and oxygen atoms in total. The highest BCUT2D eigenvalue weighted by Crippen LogP contribution is 2.21. The summed E-state index contributed by atoms with van der Waals surface area (Å²) in [5, 5.41) is 3.38. The van der Waals surface area contributed by atoms with E-state index >= 15 is 0 Å². The maximum Gasteiger partial charge on any atom is 0.126 e. The molecule has 0 aromatic carbocycles. The molecule has 2 aromatic heterocycles. The summed E-state index contributed by atoms with van der Waals surface area (Å²) < 4.78 is 0. The Bertz CT molecular complexity index is 563. The second kappa shape index (κ2) is 4.77. The number of hydrogen-bond acceptors (Lipinski definition) is 3. The molecule has 0 spiro atoms. The van der Waals surface area contributed by atoms with Crippen LogP contribution in [0.25, 0.3) is 0 Å². The lowest BCUT2D eigenvalue weighted by Gasteiger charge is -2.09. The molecule has 2 heterocycles. The van der Waals surface area contributed by atoms with E-state index in [1.807, 2.05) is 18.5 Å². The lowest BCUT2D eigenvalue weighted by molar-refractivity contribution is 0.899. The van der Waals surface area contributed by atoms with Gasteiger partial charge < -0.3 is 5.32 Å². The molecule has 0 atom stereocenters. The summed E-state index contributed by atoms with van der Waals surface area (Å²) in [6, 6.07) is 6.32. The van der Waals surface area contributed by atoms with Crippen molar-refractivity contribution in [1.82, 2.24) is 9.97 Å². The maximum atomic E-state index is 4.67. The van der Waals surface area contributed by atoms with Crippen molar-refractivity contribution < 1.29 is 0 Å². The van der Waals surface area contributed by atoms with E-state index in [0.29, 0.717) is 0 Å². The Balaban J connectivity index is 1.72. The number of nitrogens with zero attached hydrogens (tertiary/aromatic N) is 2. The zero-order chi connectivity index (χ0) is 12.4. The van der Waals surface area contributed by atoms with Crippen molar-refractivity contribution in [2.75, 3.05) is 5.32 Å².